The Kier molecular flexibility index (Phi) is 6.49. The fourth-order valence-corrected chi connectivity index (χ4v) is 2.50. The van der Waals surface area contributed by atoms with Gasteiger partial charge in [-0.3, -0.25) is 14.5 Å². The fourth-order valence-electron chi connectivity index (χ4n) is 1.49. The van der Waals surface area contributed by atoms with Crippen molar-refractivity contribution in [1.82, 2.24) is 4.90 Å². The molecule has 0 aromatic carbocycles. The highest BCUT2D eigenvalue weighted by molar-refractivity contribution is 8.04. The third-order valence-electron chi connectivity index (χ3n) is 2.33. The van der Waals surface area contributed by atoms with Gasteiger partial charge in [0.1, 0.15) is 24.2 Å². The van der Waals surface area contributed by atoms with Crippen molar-refractivity contribution in [3.05, 3.63) is 23.3 Å². The predicted molar refractivity (Wildman–Crippen MR) is 74.6 cm³/mol. The average Bonchev–Trinajstić information content (AvgIpc) is 2.79. The molecule has 0 unspecified atom stereocenters. The van der Waals surface area contributed by atoms with E-state index in [1.807, 2.05) is 0 Å². The lowest BCUT2D eigenvalue weighted by Gasteiger charge is -2.16. The van der Waals surface area contributed by atoms with E-state index in [1.165, 1.54) is 6.08 Å². The minimum absolute atomic E-state index is 0.0478. The van der Waals surface area contributed by atoms with Gasteiger partial charge in [-0.05, 0) is 6.92 Å². The molecule has 7 nitrogen and oxygen atoms in total. The summed E-state index contributed by atoms with van der Waals surface area (Å²) < 4.78 is 9.55. The first kappa shape index (κ1) is 16.8. The van der Waals surface area contributed by atoms with Gasteiger partial charge < -0.3 is 9.47 Å². The molecule has 112 valence electrons. The summed E-state index contributed by atoms with van der Waals surface area (Å²) in [7, 11) is 0. The van der Waals surface area contributed by atoms with Gasteiger partial charge in [0.25, 0.3) is 0 Å². The Hall–Kier alpha value is -2.27. The van der Waals surface area contributed by atoms with E-state index in [0.29, 0.717) is 0 Å². The smallest absolute Gasteiger partial charge is 0.351 e. The van der Waals surface area contributed by atoms with Crippen molar-refractivity contribution in [1.29, 1.82) is 5.26 Å². The summed E-state index contributed by atoms with van der Waals surface area (Å²) in [5.74, 6) is -1.78. The van der Waals surface area contributed by atoms with Gasteiger partial charge in [0, 0.05) is 0 Å². The number of amides is 1. The molecule has 1 aliphatic rings. The second-order valence-electron chi connectivity index (χ2n) is 3.75. The van der Waals surface area contributed by atoms with Gasteiger partial charge in [0.2, 0.25) is 5.91 Å². The van der Waals surface area contributed by atoms with Crippen LogP contribution in [0.1, 0.15) is 6.92 Å². The van der Waals surface area contributed by atoms with Gasteiger partial charge in [-0.15, -0.1) is 0 Å². The zero-order valence-corrected chi connectivity index (χ0v) is 12.3. The van der Waals surface area contributed by atoms with Gasteiger partial charge in [-0.2, -0.15) is 5.26 Å². The molecule has 0 aliphatic carbocycles. The highest BCUT2D eigenvalue weighted by Crippen LogP contribution is 2.31. The van der Waals surface area contributed by atoms with Crippen LogP contribution in [0.25, 0.3) is 0 Å². The van der Waals surface area contributed by atoms with Crippen molar-refractivity contribution >= 4 is 29.6 Å². The monoisotopic (exact) mass is 310 g/mol. The maximum Gasteiger partial charge on any atom is 0.351 e. The molecule has 0 aromatic heterocycles. The van der Waals surface area contributed by atoms with E-state index >= 15 is 0 Å². The van der Waals surface area contributed by atoms with Crippen LogP contribution in [-0.4, -0.2) is 48.3 Å². The normalized spacial score (nSPS) is 16.2. The van der Waals surface area contributed by atoms with Crippen molar-refractivity contribution in [2.45, 2.75) is 6.92 Å². The van der Waals surface area contributed by atoms with Crippen molar-refractivity contribution in [3.8, 4) is 6.07 Å². The van der Waals surface area contributed by atoms with E-state index in [1.54, 1.807) is 13.0 Å². The van der Waals surface area contributed by atoms with Crippen LogP contribution in [0.5, 0.6) is 0 Å². The highest BCUT2D eigenvalue weighted by atomic mass is 32.2. The summed E-state index contributed by atoms with van der Waals surface area (Å²) in [5.41, 5.74) is -0.308. The molecule has 21 heavy (non-hydrogen) atoms. The van der Waals surface area contributed by atoms with Crippen molar-refractivity contribution in [3.63, 3.8) is 0 Å². The summed E-state index contributed by atoms with van der Waals surface area (Å²) >= 11 is 1.01. The van der Waals surface area contributed by atoms with Gasteiger partial charge in [-0.25, -0.2) is 4.79 Å². The quantitative estimate of drug-likeness (QED) is 0.306. The molecule has 0 radical (unpaired) electrons. The molecule has 1 saturated heterocycles. The van der Waals surface area contributed by atoms with E-state index in [2.05, 4.69) is 6.58 Å². The second-order valence-corrected chi connectivity index (χ2v) is 4.72. The number of nitrogens with zero attached hydrogens (tertiary/aromatic N) is 2. The van der Waals surface area contributed by atoms with Crippen LogP contribution in [0.15, 0.2) is 23.3 Å². The lowest BCUT2D eigenvalue weighted by atomic mass is 10.3. The average molecular weight is 310 g/mol. The maximum absolute atomic E-state index is 11.8. The maximum atomic E-state index is 11.8. The Morgan fingerprint density at radius 2 is 2.24 bits per heavy atom. The van der Waals surface area contributed by atoms with Gasteiger partial charge >= 0.3 is 11.9 Å². The van der Waals surface area contributed by atoms with E-state index in [4.69, 9.17) is 14.7 Å². The number of carbonyl (C=O) groups is 3. The first-order valence-electron chi connectivity index (χ1n) is 6.06. The van der Waals surface area contributed by atoms with Crippen LogP contribution in [0.3, 0.4) is 0 Å². The second kappa shape index (κ2) is 8.11. The van der Waals surface area contributed by atoms with Gasteiger partial charge in [-0.1, -0.05) is 24.4 Å². The standard InChI is InChI=1S/C13H14N2O5S/c1-3-5-20-13(18)9(6-14)12-15(10(16)8-21-12)7-11(17)19-4-2/h3H,1,4-5,7-8H2,2H3. The first-order valence-corrected chi connectivity index (χ1v) is 7.04. The molecule has 0 saturated carbocycles. The topological polar surface area (TPSA) is 96.7 Å². The van der Waals surface area contributed by atoms with Crippen LogP contribution in [0.4, 0.5) is 0 Å². The number of rotatable bonds is 6. The molecule has 0 spiro atoms. The molecule has 1 aliphatic heterocycles. The third kappa shape index (κ3) is 4.36. The zero-order valence-electron chi connectivity index (χ0n) is 11.5. The molecule has 1 heterocycles. The fraction of sp³-hybridized carbons (Fsp3) is 0.385. The number of esters is 2. The summed E-state index contributed by atoms with van der Waals surface area (Å²) in [6.45, 7) is 4.83. The van der Waals surface area contributed by atoms with Crippen molar-refractivity contribution in [2.75, 3.05) is 25.5 Å². The van der Waals surface area contributed by atoms with Gasteiger partial charge in [0.15, 0.2) is 5.57 Å². The van der Waals surface area contributed by atoms with Crippen LogP contribution in [0.2, 0.25) is 0 Å². The minimum Gasteiger partial charge on any atom is -0.465 e. The molecule has 0 N–H and O–H groups in total. The largest absolute Gasteiger partial charge is 0.465 e. The molecule has 8 heteroatoms. The van der Waals surface area contributed by atoms with E-state index in [9.17, 15) is 14.4 Å². The van der Waals surface area contributed by atoms with Crippen LogP contribution in [-0.2, 0) is 23.9 Å². The molecular formula is C13H14N2O5S. The number of hydrogen-bond donors (Lipinski definition) is 0. The number of ether oxygens (including phenoxy) is 2. The molecule has 1 amide bonds. The SMILES string of the molecule is C=CCOC(=O)C(C#N)=C1SCC(=O)N1CC(=O)OCC. The Balaban J connectivity index is 2.99. The number of hydrogen-bond acceptors (Lipinski definition) is 7. The lowest BCUT2D eigenvalue weighted by molar-refractivity contribution is -0.147. The summed E-state index contributed by atoms with van der Waals surface area (Å²) in [6, 6.07) is 1.71. The molecular weight excluding hydrogens is 296 g/mol. The van der Waals surface area contributed by atoms with E-state index in [0.717, 1.165) is 16.7 Å². The zero-order chi connectivity index (χ0) is 15.8. The van der Waals surface area contributed by atoms with Crippen molar-refractivity contribution in [2.24, 2.45) is 0 Å². The molecule has 0 atom stereocenters. The first-order chi connectivity index (χ1) is 10.0. The van der Waals surface area contributed by atoms with Crippen LogP contribution in [0, 0.1) is 11.3 Å². The summed E-state index contributed by atoms with van der Waals surface area (Å²) in [5, 5.41) is 9.21. The Labute approximate surface area is 126 Å². The number of carbonyl (C=O) groups excluding carboxylic acids is 3. The third-order valence-corrected chi connectivity index (χ3v) is 3.42. The Bertz CT molecular complexity index is 535. The molecule has 0 aromatic rings. The predicted octanol–water partition coefficient (Wildman–Crippen LogP) is 0.589. The van der Waals surface area contributed by atoms with Crippen LogP contribution >= 0.6 is 11.8 Å². The Morgan fingerprint density at radius 3 is 2.81 bits per heavy atom. The Morgan fingerprint density at radius 1 is 1.52 bits per heavy atom. The molecule has 0 bridgehead atoms. The summed E-state index contributed by atoms with van der Waals surface area (Å²) in [6.07, 6.45) is 1.36. The van der Waals surface area contributed by atoms with Gasteiger partial charge in [0.05, 0.1) is 12.4 Å². The minimum atomic E-state index is -0.858. The lowest BCUT2D eigenvalue weighted by Crippen LogP contribution is -2.32. The molecule has 1 rings (SSSR count). The van der Waals surface area contributed by atoms with E-state index < -0.39 is 11.9 Å². The van der Waals surface area contributed by atoms with Crippen LogP contribution < -0.4 is 0 Å². The number of nitriles is 1. The highest BCUT2D eigenvalue weighted by Gasteiger charge is 2.34. The number of thioether (sulfide) groups is 1. The molecule has 1 fully saturated rings. The van der Waals surface area contributed by atoms with E-state index in [-0.39, 0.29) is 42.0 Å². The van der Waals surface area contributed by atoms with Crippen molar-refractivity contribution < 1.29 is 23.9 Å². The summed E-state index contributed by atoms with van der Waals surface area (Å²) in [4.78, 5) is 36.1.